The van der Waals surface area contributed by atoms with Crippen molar-refractivity contribution >= 4 is 11.7 Å². The molecule has 2 saturated heterocycles. The molecule has 0 saturated carbocycles. The molecule has 0 spiro atoms. The SMILES string of the molecule is CC(C)[C@H]1CN(c2cc(C(=O)N3CCCC3)ccn2)C[C@@H]1N. The van der Waals surface area contributed by atoms with Crippen LogP contribution >= 0.6 is 0 Å². The quantitative estimate of drug-likeness (QED) is 0.924. The zero-order chi connectivity index (χ0) is 15.7. The van der Waals surface area contributed by atoms with Crippen molar-refractivity contribution in [3.05, 3.63) is 23.9 Å². The van der Waals surface area contributed by atoms with Crippen LogP contribution in [-0.4, -0.2) is 48.0 Å². The minimum absolute atomic E-state index is 0.130. The van der Waals surface area contributed by atoms with Gasteiger partial charge in [0, 0.05) is 44.0 Å². The highest BCUT2D eigenvalue weighted by molar-refractivity contribution is 5.95. The van der Waals surface area contributed by atoms with Gasteiger partial charge in [0.25, 0.3) is 5.91 Å². The summed E-state index contributed by atoms with van der Waals surface area (Å²) in [6.45, 7) is 7.93. The number of nitrogens with zero attached hydrogens (tertiary/aromatic N) is 3. The van der Waals surface area contributed by atoms with Crippen molar-refractivity contribution in [3.63, 3.8) is 0 Å². The van der Waals surface area contributed by atoms with Gasteiger partial charge in [0.15, 0.2) is 0 Å². The molecule has 0 bridgehead atoms. The molecule has 2 aliphatic heterocycles. The number of carbonyl (C=O) groups is 1. The summed E-state index contributed by atoms with van der Waals surface area (Å²) in [6.07, 6.45) is 3.97. The smallest absolute Gasteiger partial charge is 0.254 e. The molecule has 0 aromatic carbocycles. The van der Waals surface area contributed by atoms with Gasteiger partial charge in [-0.1, -0.05) is 13.8 Å². The van der Waals surface area contributed by atoms with Gasteiger partial charge in [0.05, 0.1) is 0 Å². The van der Waals surface area contributed by atoms with E-state index in [1.54, 1.807) is 6.20 Å². The average Bonchev–Trinajstić information content (AvgIpc) is 3.16. The van der Waals surface area contributed by atoms with E-state index < -0.39 is 0 Å². The van der Waals surface area contributed by atoms with Gasteiger partial charge in [-0.3, -0.25) is 4.79 Å². The van der Waals surface area contributed by atoms with Crippen LogP contribution < -0.4 is 10.6 Å². The van der Waals surface area contributed by atoms with E-state index >= 15 is 0 Å². The van der Waals surface area contributed by atoms with Crippen LogP contribution in [0.3, 0.4) is 0 Å². The van der Waals surface area contributed by atoms with E-state index in [0.29, 0.717) is 11.8 Å². The van der Waals surface area contributed by atoms with Crippen molar-refractivity contribution in [2.24, 2.45) is 17.6 Å². The summed E-state index contributed by atoms with van der Waals surface area (Å²) < 4.78 is 0. The summed E-state index contributed by atoms with van der Waals surface area (Å²) in [5.41, 5.74) is 7.00. The molecular weight excluding hydrogens is 276 g/mol. The lowest BCUT2D eigenvalue weighted by Crippen LogP contribution is -2.32. The Morgan fingerprint density at radius 1 is 1.32 bits per heavy atom. The van der Waals surface area contributed by atoms with Gasteiger partial charge in [0.2, 0.25) is 0 Å². The van der Waals surface area contributed by atoms with Crippen LogP contribution in [0, 0.1) is 11.8 Å². The maximum atomic E-state index is 12.5. The van der Waals surface area contributed by atoms with Crippen molar-refractivity contribution < 1.29 is 4.79 Å². The Morgan fingerprint density at radius 2 is 2.05 bits per heavy atom. The second-order valence-electron chi connectivity index (χ2n) is 6.88. The van der Waals surface area contributed by atoms with Crippen LogP contribution in [0.25, 0.3) is 0 Å². The second kappa shape index (κ2) is 6.24. The first kappa shape index (κ1) is 15.3. The van der Waals surface area contributed by atoms with Gasteiger partial charge in [-0.05, 0) is 36.8 Å². The van der Waals surface area contributed by atoms with Gasteiger partial charge < -0.3 is 15.5 Å². The molecule has 2 N–H and O–H groups in total. The fourth-order valence-electron chi connectivity index (χ4n) is 3.57. The predicted molar refractivity (Wildman–Crippen MR) is 87.9 cm³/mol. The van der Waals surface area contributed by atoms with E-state index in [0.717, 1.165) is 50.4 Å². The number of anilines is 1. The fourth-order valence-corrected chi connectivity index (χ4v) is 3.57. The van der Waals surface area contributed by atoms with Crippen LogP contribution in [0.1, 0.15) is 37.0 Å². The topological polar surface area (TPSA) is 62.5 Å². The molecule has 1 amide bonds. The number of hydrogen-bond donors (Lipinski definition) is 1. The molecule has 1 aromatic heterocycles. The van der Waals surface area contributed by atoms with Gasteiger partial charge in [-0.15, -0.1) is 0 Å². The van der Waals surface area contributed by atoms with Crippen molar-refractivity contribution in [3.8, 4) is 0 Å². The standard InChI is InChI=1S/C17H26N4O/c1-12(2)14-10-21(11-15(14)18)16-9-13(5-6-19-16)17(22)20-7-3-4-8-20/h5-6,9,12,14-15H,3-4,7-8,10-11,18H2,1-2H3/t14-,15+/m1/s1. The third kappa shape index (κ3) is 2.95. The highest BCUT2D eigenvalue weighted by atomic mass is 16.2. The Bertz CT molecular complexity index is 539. The molecule has 5 nitrogen and oxygen atoms in total. The molecule has 0 aliphatic carbocycles. The summed E-state index contributed by atoms with van der Waals surface area (Å²) in [6, 6.07) is 3.93. The van der Waals surface area contributed by atoms with Crippen molar-refractivity contribution in [1.29, 1.82) is 0 Å². The molecule has 1 aromatic rings. The summed E-state index contributed by atoms with van der Waals surface area (Å²) in [5.74, 6) is 2.06. The molecule has 0 unspecified atom stereocenters. The normalized spacial score (nSPS) is 25.3. The van der Waals surface area contributed by atoms with Gasteiger partial charge >= 0.3 is 0 Å². The van der Waals surface area contributed by atoms with Gasteiger partial charge in [-0.25, -0.2) is 4.98 Å². The molecule has 22 heavy (non-hydrogen) atoms. The van der Waals surface area contributed by atoms with Crippen LogP contribution in [-0.2, 0) is 0 Å². The molecule has 5 heteroatoms. The van der Waals surface area contributed by atoms with Crippen LogP contribution in [0.5, 0.6) is 0 Å². The Balaban J connectivity index is 1.75. The zero-order valence-corrected chi connectivity index (χ0v) is 13.5. The summed E-state index contributed by atoms with van der Waals surface area (Å²) in [4.78, 5) is 21.1. The monoisotopic (exact) mass is 302 g/mol. The molecule has 3 heterocycles. The maximum Gasteiger partial charge on any atom is 0.254 e. The lowest BCUT2D eigenvalue weighted by Gasteiger charge is -2.20. The Morgan fingerprint density at radius 3 is 2.68 bits per heavy atom. The fraction of sp³-hybridized carbons (Fsp3) is 0.647. The first-order valence-electron chi connectivity index (χ1n) is 8.32. The molecule has 3 rings (SSSR count). The minimum Gasteiger partial charge on any atom is -0.355 e. The Hall–Kier alpha value is -1.62. The van der Waals surface area contributed by atoms with Gasteiger partial charge in [0.1, 0.15) is 5.82 Å². The van der Waals surface area contributed by atoms with Crippen LogP contribution in [0.4, 0.5) is 5.82 Å². The maximum absolute atomic E-state index is 12.5. The summed E-state index contributed by atoms with van der Waals surface area (Å²) >= 11 is 0. The number of hydrogen-bond acceptors (Lipinski definition) is 4. The highest BCUT2D eigenvalue weighted by Crippen LogP contribution is 2.27. The zero-order valence-electron chi connectivity index (χ0n) is 13.5. The van der Waals surface area contributed by atoms with Crippen LogP contribution in [0.15, 0.2) is 18.3 Å². The average molecular weight is 302 g/mol. The number of nitrogens with two attached hydrogens (primary N) is 1. The Kier molecular flexibility index (Phi) is 4.34. The van der Waals surface area contributed by atoms with Crippen molar-refractivity contribution in [1.82, 2.24) is 9.88 Å². The largest absolute Gasteiger partial charge is 0.355 e. The molecule has 120 valence electrons. The van der Waals surface area contributed by atoms with E-state index in [1.807, 2.05) is 17.0 Å². The van der Waals surface area contributed by atoms with Gasteiger partial charge in [-0.2, -0.15) is 0 Å². The molecular formula is C17H26N4O. The lowest BCUT2D eigenvalue weighted by atomic mass is 9.92. The molecule has 0 radical (unpaired) electrons. The highest BCUT2D eigenvalue weighted by Gasteiger charge is 2.33. The third-order valence-corrected chi connectivity index (χ3v) is 4.98. The minimum atomic E-state index is 0.130. The first-order valence-corrected chi connectivity index (χ1v) is 8.32. The number of aromatic nitrogens is 1. The summed E-state index contributed by atoms with van der Waals surface area (Å²) in [5, 5.41) is 0. The van der Waals surface area contributed by atoms with E-state index in [4.69, 9.17) is 5.73 Å². The lowest BCUT2D eigenvalue weighted by molar-refractivity contribution is 0.0792. The van der Waals surface area contributed by atoms with E-state index in [-0.39, 0.29) is 11.9 Å². The van der Waals surface area contributed by atoms with E-state index in [9.17, 15) is 4.79 Å². The number of pyridine rings is 1. The molecule has 2 fully saturated rings. The first-order chi connectivity index (χ1) is 10.6. The van der Waals surface area contributed by atoms with E-state index in [2.05, 4.69) is 23.7 Å². The Labute approximate surface area is 132 Å². The molecule has 2 atom stereocenters. The number of likely N-dealkylation sites (tertiary alicyclic amines) is 1. The van der Waals surface area contributed by atoms with E-state index in [1.165, 1.54) is 0 Å². The number of carbonyl (C=O) groups excluding carboxylic acids is 1. The molecule has 2 aliphatic rings. The number of rotatable bonds is 3. The van der Waals surface area contributed by atoms with Crippen molar-refractivity contribution in [2.45, 2.75) is 32.7 Å². The third-order valence-electron chi connectivity index (χ3n) is 4.98. The second-order valence-corrected chi connectivity index (χ2v) is 6.88. The number of amides is 1. The van der Waals surface area contributed by atoms with Crippen molar-refractivity contribution in [2.75, 3.05) is 31.1 Å². The van der Waals surface area contributed by atoms with Crippen LogP contribution in [0.2, 0.25) is 0 Å². The summed E-state index contributed by atoms with van der Waals surface area (Å²) in [7, 11) is 0. The predicted octanol–water partition coefficient (Wildman–Crippen LogP) is 1.74.